The molecule has 0 unspecified atom stereocenters. The summed E-state index contributed by atoms with van der Waals surface area (Å²) in [4.78, 5) is 16.3. The van der Waals surface area contributed by atoms with Crippen molar-refractivity contribution in [1.82, 2.24) is 10.3 Å². The Morgan fingerprint density at radius 2 is 1.97 bits per heavy atom. The molecule has 1 aromatic carbocycles. The summed E-state index contributed by atoms with van der Waals surface area (Å²) in [5, 5.41) is 5.43. The highest BCUT2D eigenvalue weighted by molar-refractivity contribution is 7.80. The van der Waals surface area contributed by atoms with Gasteiger partial charge in [0.1, 0.15) is 27.6 Å². The van der Waals surface area contributed by atoms with E-state index in [1.54, 1.807) is 0 Å². The molecule has 1 amide bonds. The summed E-state index contributed by atoms with van der Waals surface area (Å²) in [7, 11) is 0. The second kappa shape index (κ2) is 7.79. The number of alkyl halides is 2. The van der Waals surface area contributed by atoms with Crippen LogP contribution in [-0.2, 0) is 10.3 Å². The highest BCUT2D eigenvalue weighted by Crippen LogP contribution is 2.48. The third-order valence-corrected chi connectivity index (χ3v) is 5.50. The molecule has 2 heterocycles. The van der Waals surface area contributed by atoms with Gasteiger partial charge in [-0.05, 0) is 51.1 Å². The van der Waals surface area contributed by atoms with Crippen molar-refractivity contribution < 1.29 is 22.7 Å². The topological polar surface area (TPSA) is 63.2 Å². The first-order chi connectivity index (χ1) is 13.9. The van der Waals surface area contributed by atoms with E-state index in [9.17, 15) is 9.18 Å². The first kappa shape index (κ1) is 22.5. The number of carbonyl (C=O) groups is 1. The molecule has 1 fully saturated rings. The third-order valence-electron chi connectivity index (χ3n) is 5.06. The number of hydrogen-bond acceptors (Lipinski definition) is 4. The molecular formula is C20H19ClF3N3O2S. The smallest absolute Gasteiger partial charge is 0.302 e. The van der Waals surface area contributed by atoms with Crippen molar-refractivity contribution in [1.29, 1.82) is 0 Å². The van der Waals surface area contributed by atoms with Gasteiger partial charge in [0.15, 0.2) is 0 Å². The molecule has 5 nitrogen and oxygen atoms in total. The maximum atomic E-state index is 15.5. The van der Waals surface area contributed by atoms with Crippen molar-refractivity contribution in [3.63, 3.8) is 0 Å². The molecule has 0 spiro atoms. The number of pyridine rings is 1. The number of amides is 1. The van der Waals surface area contributed by atoms with Gasteiger partial charge in [-0.2, -0.15) is 0 Å². The first-order valence-corrected chi connectivity index (χ1v) is 9.72. The van der Waals surface area contributed by atoms with Gasteiger partial charge >= 0.3 is 5.92 Å². The first-order valence-electron chi connectivity index (χ1n) is 8.93. The number of benzene rings is 1. The molecule has 30 heavy (non-hydrogen) atoms. The van der Waals surface area contributed by atoms with E-state index in [2.05, 4.69) is 15.6 Å². The van der Waals surface area contributed by atoms with Crippen LogP contribution in [0.4, 0.5) is 18.9 Å². The minimum atomic E-state index is -3.57. The van der Waals surface area contributed by atoms with Crippen molar-refractivity contribution in [3.8, 4) is 0 Å². The highest BCUT2D eigenvalue weighted by atomic mass is 35.5. The Morgan fingerprint density at radius 3 is 2.60 bits per heavy atom. The van der Waals surface area contributed by atoms with E-state index in [1.807, 2.05) is 0 Å². The van der Waals surface area contributed by atoms with Gasteiger partial charge < -0.3 is 15.4 Å². The fourth-order valence-corrected chi connectivity index (χ4v) is 3.63. The normalized spacial score (nSPS) is 22.7. The quantitative estimate of drug-likeness (QED) is 0.654. The average molecular weight is 458 g/mol. The van der Waals surface area contributed by atoms with Crippen LogP contribution in [0.1, 0.15) is 36.8 Å². The monoisotopic (exact) mass is 457 g/mol. The van der Waals surface area contributed by atoms with Crippen molar-refractivity contribution in [2.24, 2.45) is 0 Å². The maximum Gasteiger partial charge on any atom is 0.302 e. The molecule has 1 aliphatic rings. The lowest BCUT2D eigenvalue weighted by atomic mass is 9.77. The van der Waals surface area contributed by atoms with Crippen molar-refractivity contribution in [2.75, 3.05) is 11.9 Å². The molecule has 0 bridgehead atoms. The summed E-state index contributed by atoms with van der Waals surface area (Å²) in [5.74, 6) is -5.05. The third kappa shape index (κ3) is 3.89. The molecule has 1 aromatic heterocycles. The molecule has 0 aliphatic carbocycles. The van der Waals surface area contributed by atoms with Crippen LogP contribution in [0.15, 0.2) is 36.5 Å². The van der Waals surface area contributed by atoms with Gasteiger partial charge in [-0.15, -0.1) is 0 Å². The van der Waals surface area contributed by atoms with Gasteiger partial charge in [0.2, 0.25) is 0 Å². The van der Waals surface area contributed by atoms with Gasteiger partial charge in [-0.25, -0.2) is 18.2 Å². The number of anilines is 1. The molecule has 2 aromatic rings. The van der Waals surface area contributed by atoms with E-state index >= 15 is 8.78 Å². The molecule has 3 rings (SSSR count). The Hall–Kier alpha value is -2.23. The van der Waals surface area contributed by atoms with Gasteiger partial charge in [0.05, 0.1) is 11.6 Å². The van der Waals surface area contributed by atoms with Gasteiger partial charge in [-0.1, -0.05) is 23.8 Å². The van der Waals surface area contributed by atoms with E-state index in [0.29, 0.717) is 5.02 Å². The Labute approximate surface area is 182 Å². The number of nitrogens with zero attached hydrogens (tertiary/aromatic N) is 1. The lowest BCUT2D eigenvalue weighted by Crippen LogP contribution is -2.62. The highest BCUT2D eigenvalue weighted by Gasteiger charge is 2.64. The van der Waals surface area contributed by atoms with E-state index in [0.717, 1.165) is 19.1 Å². The zero-order valence-electron chi connectivity index (χ0n) is 16.4. The molecule has 1 atom stereocenters. The van der Waals surface area contributed by atoms with Crippen LogP contribution in [-0.4, -0.2) is 34.0 Å². The lowest BCUT2D eigenvalue weighted by Gasteiger charge is -2.44. The van der Waals surface area contributed by atoms with Crippen molar-refractivity contribution in [2.45, 2.75) is 37.8 Å². The molecule has 0 saturated carbocycles. The van der Waals surface area contributed by atoms with Crippen molar-refractivity contribution in [3.05, 3.63) is 58.6 Å². The Kier molecular flexibility index (Phi) is 5.83. The number of aromatic nitrogens is 1. The van der Waals surface area contributed by atoms with Crippen LogP contribution in [0, 0.1) is 5.82 Å². The van der Waals surface area contributed by atoms with Gasteiger partial charge in [-0.3, -0.25) is 4.79 Å². The van der Waals surface area contributed by atoms with Crippen LogP contribution in [0.5, 0.6) is 0 Å². The number of hydrogen-bond donors (Lipinski definition) is 2. The van der Waals surface area contributed by atoms with Crippen molar-refractivity contribution >= 4 is 40.4 Å². The van der Waals surface area contributed by atoms with Crippen LogP contribution in [0.3, 0.4) is 0 Å². The van der Waals surface area contributed by atoms with E-state index in [1.165, 1.54) is 38.2 Å². The number of rotatable bonds is 3. The predicted molar refractivity (Wildman–Crippen MR) is 112 cm³/mol. The lowest BCUT2D eigenvalue weighted by molar-refractivity contribution is -0.216. The second-order valence-electron chi connectivity index (χ2n) is 7.56. The average Bonchev–Trinajstić information content (AvgIpc) is 2.73. The summed E-state index contributed by atoms with van der Waals surface area (Å²) in [6.45, 7) is 3.36. The second-order valence-corrected chi connectivity index (χ2v) is 8.49. The number of halogens is 4. The summed E-state index contributed by atoms with van der Waals surface area (Å²) in [5.41, 5.74) is -4.36. The molecule has 1 aliphatic heterocycles. The maximum absolute atomic E-state index is 15.5. The fourth-order valence-electron chi connectivity index (χ4n) is 3.26. The molecule has 1 saturated heterocycles. The summed E-state index contributed by atoms with van der Waals surface area (Å²) < 4.78 is 51.0. The zero-order chi connectivity index (χ0) is 22.3. The van der Waals surface area contributed by atoms with Gasteiger partial charge in [0.25, 0.3) is 5.91 Å². The molecule has 10 heteroatoms. The zero-order valence-corrected chi connectivity index (χ0v) is 17.9. The van der Waals surface area contributed by atoms with E-state index in [-0.39, 0.29) is 28.5 Å². The van der Waals surface area contributed by atoms with Crippen LogP contribution in [0.2, 0.25) is 5.02 Å². The number of ether oxygens (including phenoxy) is 1. The SMILES string of the molecule is CC1(C)OCC(=S)N[C@](C)(c2cc(NC(=O)c3ccc(Cl)cn3)ccc2F)C1(F)F. The summed E-state index contributed by atoms with van der Waals surface area (Å²) in [6.07, 6.45) is 1.30. The van der Waals surface area contributed by atoms with E-state index < -0.39 is 28.8 Å². The predicted octanol–water partition coefficient (Wildman–Crippen LogP) is 4.70. The number of thiocarbonyl (C=S) groups is 1. The van der Waals surface area contributed by atoms with Crippen LogP contribution < -0.4 is 10.6 Å². The Bertz CT molecular complexity index is 1000. The minimum Gasteiger partial charge on any atom is -0.363 e. The fraction of sp³-hybridized carbons (Fsp3) is 0.350. The van der Waals surface area contributed by atoms with E-state index in [4.69, 9.17) is 28.6 Å². The van der Waals surface area contributed by atoms with Crippen LogP contribution in [0.25, 0.3) is 0 Å². The molecule has 0 radical (unpaired) electrons. The Balaban J connectivity index is 2.02. The largest absolute Gasteiger partial charge is 0.363 e. The molecule has 160 valence electrons. The minimum absolute atomic E-state index is 0.0157. The number of nitrogens with one attached hydrogen (secondary N) is 2. The van der Waals surface area contributed by atoms with Crippen LogP contribution >= 0.6 is 23.8 Å². The molecule has 2 N–H and O–H groups in total. The Morgan fingerprint density at radius 1 is 1.27 bits per heavy atom. The number of carbonyl (C=O) groups excluding carboxylic acids is 1. The summed E-state index contributed by atoms with van der Waals surface area (Å²) >= 11 is 10.8. The standard InChI is InChI=1S/C20H19ClF3N3O2S/c1-18(2)20(23,24)19(3,27-16(30)10-29-18)13-8-12(5-6-14(13)22)26-17(28)15-7-4-11(21)9-25-15/h4-9H,10H2,1-3H3,(H,26,28)(H,27,30)/t19-/m1/s1. The molecular weight excluding hydrogens is 439 g/mol. The van der Waals surface area contributed by atoms with Gasteiger partial charge in [0, 0.05) is 17.4 Å². The summed E-state index contributed by atoms with van der Waals surface area (Å²) in [6, 6.07) is 6.31.